The molecule has 1 saturated heterocycles. The summed E-state index contributed by atoms with van der Waals surface area (Å²) in [5, 5.41) is 3.73. The third kappa shape index (κ3) is 3.18. The monoisotopic (exact) mass is 211 g/mol. The molecule has 2 heteroatoms. The standard InChI is InChI=1S/C13H25NO/c1-2-11-5-3-7-13(11)14-9-8-12-6-4-10-15-12/h11-14H,2-10H2,1H3. The molecule has 2 aliphatic rings. The number of hydrogen-bond donors (Lipinski definition) is 1. The van der Waals surface area contributed by atoms with Crippen LogP contribution >= 0.6 is 0 Å². The molecule has 1 aliphatic carbocycles. The van der Waals surface area contributed by atoms with E-state index in [1.165, 1.54) is 44.9 Å². The van der Waals surface area contributed by atoms with Crippen LogP contribution in [0.15, 0.2) is 0 Å². The summed E-state index contributed by atoms with van der Waals surface area (Å²) >= 11 is 0. The van der Waals surface area contributed by atoms with Gasteiger partial charge in [-0.15, -0.1) is 0 Å². The molecule has 0 radical (unpaired) electrons. The van der Waals surface area contributed by atoms with Crippen molar-refractivity contribution >= 4 is 0 Å². The second-order valence-electron chi connectivity index (χ2n) is 5.08. The van der Waals surface area contributed by atoms with Gasteiger partial charge >= 0.3 is 0 Å². The average Bonchev–Trinajstić information content (AvgIpc) is 2.88. The first kappa shape index (κ1) is 11.4. The van der Waals surface area contributed by atoms with Gasteiger partial charge in [-0.25, -0.2) is 0 Å². The number of hydrogen-bond acceptors (Lipinski definition) is 2. The van der Waals surface area contributed by atoms with Crippen molar-refractivity contribution in [2.75, 3.05) is 13.2 Å². The Morgan fingerprint density at radius 3 is 2.87 bits per heavy atom. The molecule has 15 heavy (non-hydrogen) atoms. The van der Waals surface area contributed by atoms with Crippen LogP contribution < -0.4 is 5.32 Å². The van der Waals surface area contributed by atoms with Crippen LogP contribution in [0.25, 0.3) is 0 Å². The summed E-state index contributed by atoms with van der Waals surface area (Å²) < 4.78 is 5.63. The summed E-state index contributed by atoms with van der Waals surface area (Å²) in [4.78, 5) is 0. The van der Waals surface area contributed by atoms with Gasteiger partial charge in [0.1, 0.15) is 0 Å². The Morgan fingerprint density at radius 1 is 1.20 bits per heavy atom. The van der Waals surface area contributed by atoms with Gasteiger partial charge in [-0.05, 0) is 44.6 Å². The molecule has 0 aromatic carbocycles. The predicted molar refractivity (Wildman–Crippen MR) is 63.0 cm³/mol. The van der Waals surface area contributed by atoms with E-state index in [0.29, 0.717) is 6.10 Å². The van der Waals surface area contributed by atoms with Crippen molar-refractivity contribution in [3.8, 4) is 0 Å². The van der Waals surface area contributed by atoms with Crippen molar-refractivity contribution in [1.82, 2.24) is 5.32 Å². The van der Waals surface area contributed by atoms with Crippen LogP contribution in [0.3, 0.4) is 0 Å². The van der Waals surface area contributed by atoms with Gasteiger partial charge in [-0.1, -0.05) is 19.8 Å². The molecule has 3 unspecified atom stereocenters. The summed E-state index contributed by atoms with van der Waals surface area (Å²) in [6.45, 7) is 4.47. The van der Waals surface area contributed by atoms with Crippen molar-refractivity contribution in [3.05, 3.63) is 0 Å². The van der Waals surface area contributed by atoms with Crippen LogP contribution in [0, 0.1) is 5.92 Å². The van der Waals surface area contributed by atoms with Gasteiger partial charge in [-0.2, -0.15) is 0 Å². The smallest absolute Gasteiger partial charge is 0.0588 e. The van der Waals surface area contributed by atoms with Gasteiger partial charge in [0.25, 0.3) is 0 Å². The minimum Gasteiger partial charge on any atom is -0.378 e. The van der Waals surface area contributed by atoms with E-state index in [4.69, 9.17) is 4.74 Å². The first-order valence-electron chi connectivity index (χ1n) is 6.75. The Morgan fingerprint density at radius 2 is 2.13 bits per heavy atom. The van der Waals surface area contributed by atoms with Crippen LogP contribution in [-0.4, -0.2) is 25.3 Å². The van der Waals surface area contributed by atoms with Gasteiger partial charge in [-0.3, -0.25) is 0 Å². The molecule has 2 rings (SSSR count). The van der Waals surface area contributed by atoms with Crippen molar-refractivity contribution in [2.24, 2.45) is 5.92 Å². The zero-order chi connectivity index (χ0) is 10.5. The van der Waals surface area contributed by atoms with E-state index in [0.717, 1.165) is 25.1 Å². The minimum absolute atomic E-state index is 0.555. The molecule has 0 amide bonds. The van der Waals surface area contributed by atoms with Gasteiger partial charge in [0, 0.05) is 12.6 Å². The van der Waals surface area contributed by atoms with Crippen LogP contribution in [0.2, 0.25) is 0 Å². The maximum absolute atomic E-state index is 5.63. The molecule has 1 N–H and O–H groups in total. The highest BCUT2D eigenvalue weighted by atomic mass is 16.5. The highest BCUT2D eigenvalue weighted by Gasteiger charge is 2.25. The second kappa shape index (κ2) is 5.86. The molecular weight excluding hydrogens is 186 g/mol. The zero-order valence-electron chi connectivity index (χ0n) is 10.0. The Kier molecular flexibility index (Phi) is 4.45. The fourth-order valence-electron chi connectivity index (χ4n) is 3.10. The molecule has 0 aromatic heterocycles. The van der Waals surface area contributed by atoms with Crippen molar-refractivity contribution < 1.29 is 4.74 Å². The third-order valence-corrected chi connectivity index (χ3v) is 4.08. The van der Waals surface area contributed by atoms with Gasteiger partial charge in [0.05, 0.1) is 6.10 Å². The number of rotatable bonds is 5. The Hall–Kier alpha value is -0.0800. The molecule has 1 heterocycles. The van der Waals surface area contributed by atoms with Crippen LogP contribution in [0.4, 0.5) is 0 Å². The van der Waals surface area contributed by atoms with E-state index in [2.05, 4.69) is 12.2 Å². The van der Waals surface area contributed by atoms with E-state index in [1.54, 1.807) is 0 Å². The number of nitrogens with one attached hydrogen (secondary N) is 1. The fraction of sp³-hybridized carbons (Fsp3) is 1.00. The molecular formula is C13H25NO. The lowest BCUT2D eigenvalue weighted by Crippen LogP contribution is -2.34. The zero-order valence-corrected chi connectivity index (χ0v) is 10.0. The van der Waals surface area contributed by atoms with E-state index >= 15 is 0 Å². The van der Waals surface area contributed by atoms with Crippen LogP contribution in [0.1, 0.15) is 51.9 Å². The lowest BCUT2D eigenvalue weighted by Gasteiger charge is -2.20. The van der Waals surface area contributed by atoms with Crippen LogP contribution in [0.5, 0.6) is 0 Å². The third-order valence-electron chi connectivity index (χ3n) is 4.08. The quantitative estimate of drug-likeness (QED) is 0.755. The predicted octanol–water partition coefficient (Wildman–Crippen LogP) is 2.72. The first-order valence-corrected chi connectivity index (χ1v) is 6.75. The molecule has 2 fully saturated rings. The maximum atomic E-state index is 5.63. The normalized spacial score (nSPS) is 36.2. The van der Waals surface area contributed by atoms with Crippen LogP contribution in [-0.2, 0) is 4.74 Å². The SMILES string of the molecule is CCC1CCCC1NCCC1CCCO1. The topological polar surface area (TPSA) is 21.3 Å². The second-order valence-corrected chi connectivity index (χ2v) is 5.08. The molecule has 1 saturated carbocycles. The van der Waals surface area contributed by atoms with E-state index in [9.17, 15) is 0 Å². The summed E-state index contributed by atoms with van der Waals surface area (Å²) in [7, 11) is 0. The Bertz CT molecular complexity index is 177. The fourth-order valence-corrected chi connectivity index (χ4v) is 3.10. The lowest BCUT2D eigenvalue weighted by molar-refractivity contribution is 0.103. The molecule has 0 aromatic rings. The Balaban J connectivity index is 1.60. The highest BCUT2D eigenvalue weighted by Crippen LogP contribution is 2.28. The van der Waals surface area contributed by atoms with Crippen molar-refractivity contribution in [3.63, 3.8) is 0 Å². The molecule has 1 aliphatic heterocycles. The molecule has 2 nitrogen and oxygen atoms in total. The van der Waals surface area contributed by atoms with Crippen molar-refractivity contribution in [2.45, 2.75) is 64.0 Å². The number of ether oxygens (including phenoxy) is 1. The lowest BCUT2D eigenvalue weighted by atomic mass is 10.0. The van der Waals surface area contributed by atoms with E-state index in [-0.39, 0.29) is 0 Å². The minimum atomic E-state index is 0.555. The Labute approximate surface area is 93.8 Å². The summed E-state index contributed by atoms with van der Waals surface area (Å²) in [6, 6.07) is 0.802. The van der Waals surface area contributed by atoms with Gasteiger partial charge < -0.3 is 10.1 Å². The van der Waals surface area contributed by atoms with Gasteiger partial charge in [0.15, 0.2) is 0 Å². The summed E-state index contributed by atoms with van der Waals surface area (Å²) in [5.74, 6) is 0.939. The maximum Gasteiger partial charge on any atom is 0.0588 e. The first-order chi connectivity index (χ1) is 7.40. The molecule has 88 valence electrons. The van der Waals surface area contributed by atoms with Crippen molar-refractivity contribution in [1.29, 1.82) is 0 Å². The van der Waals surface area contributed by atoms with Gasteiger partial charge in [0.2, 0.25) is 0 Å². The molecule has 0 spiro atoms. The average molecular weight is 211 g/mol. The summed E-state index contributed by atoms with van der Waals surface area (Å²) in [6.07, 6.45) is 9.92. The largest absolute Gasteiger partial charge is 0.378 e. The highest BCUT2D eigenvalue weighted by molar-refractivity contribution is 4.82. The van der Waals surface area contributed by atoms with E-state index in [1.807, 2.05) is 0 Å². The molecule has 3 atom stereocenters. The summed E-state index contributed by atoms with van der Waals surface area (Å²) in [5.41, 5.74) is 0. The molecule has 0 bridgehead atoms. The van der Waals surface area contributed by atoms with E-state index < -0.39 is 0 Å².